The minimum Gasteiger partial charge on any atom is -0.323 e. The third-order valence-corrected chi connectivity index (χ3v) is 3.60. The van der Waals surface area contributed by atoms with Crippen LogP contribution in [-0.4, -0.2) is 18.9 Å². The van der Waals surface area contributed by atoms with Gasteiger partial charge in [0.1, 0.15) is 0 Å². The number of fused-ring (bicyclic) bond motifs is 1. The highest BCUT2D eigenvalue weighted by molar-refractivity contribution is 7.97. The van der Waals surface area contributed by atoms with Crippen LogP contribution in [0.15, 0.2) is 44.8 Å². The van der Waals surface area contributed by atoms with E-state index in [1.807, 2.05) is 18.2 Å². The highest BCUT2D eigenvalue weighted by Gasteiger charge is 2.12. The SMILES string of the molecule is O=c1[nH]c2nc(Cl)[nH]c2c(=O)n1Sc1ccccc1. The van der Waals surface area contributed by atoms with Crippen LogP contribution >= 0.6 is 23.5 Å². The maximum absolute atomic E-state index is 12.2. The average molecular weight is 295 g/mol. The van der Waals surface area contributed by atoms with Gasteiger partial charge in [0, 0.05) is 4.90 Å². The molecule has 0 atom stereocenters. The summed E-state index contributed by atoms with van der Waals surface area (Å²) >= 11 is 6.71. The molecule has 0 radical (unpaired) electrons. The van der Waals surface area contributed by atoms with E-state index in [2.05, 4.69) is 15.0 Å². The lowest BCUT2D eigenvalue weighted by Crippen LogP contribution is -2.31. The lowest BCUT2D eigenvalue weighted by atomic mass is 10.4. The number of rotatable bonds is 2. The van der Waals surface area contributed by atoms with Gasteiger partial charge in [-0.15, -0.1) is 0 Å². The number of imidazole rings is 1. The molecule has 0 fully saturated rings. The van der Waals surface area contributed by atoms with Crippen molar-refractivity contribution in [2.45, 2.75) is 4.90 Å². The third-order valence-electron chi connectivity index (χ3n) is 2.42. The van der Waals surface area contributed by atoms with Crippen LogP contribution in [0.4, 0.5) is 0 Å². The molecule has 0 aliphatic heterocycles. The third kappa shape index (κ3) is 2.18. The lowest BCUT2D eigenvalue weighted by molar-refractivity contribution is 1.00. The minimum atomic E-state index is -0.547. The molecule has 2 heterocycles. The Balaban J connectivity index is 2.19. The summed E-state index contributed by atoms with van der Waals surface area (Å²) in [4.78, 5) is 33.7. The molecule has 96 valence electrons. The van der Waals surface area contributed by atoms with Gasteiger partial charge in [-0.1, -0.05) is 18.2 Å². The first kappa shape index (κ1) is 12.1. The number of H-pyrrole nitrogens is 2. The summed E-state index contributed by atoms with van der Waals surface area (Å²) in [5, 5.41) is 0.0604. The second-order valence-corrected chi connectivity index (χ2v) is 5.06. The highest BCUT2D eigenvalue weighted by atomic mass is 35.5. The van der Waals surface area contributed by atoms with Crippen LogP contribution in [0.3, 0.4) is 0 Å². The monoisotopic (exact) mass is 294 g/mol. The fourth-order valence-corrected chi connectivity index (χ4v) is 2.58. The number of nitrogens with one attached hydrogen (secondary N) is 2. The normalized spacial score (nSPS) is 11.0. The van der Waals surface area contributed by atoms with Crippen molar-refractivity contribution in [1.82, 2.24) is 18.9 Å². The predicted octanol–water partition coefficient (Wildman–Crippen LogP) is 1.62. The molecule has 3 aromatic rings. The average Bonchev–Trinajstić information content (AvgIpc) is 2.76. The number of hydrogen-bond acceptors (Lipinski definition) is 4. The van der Waals surface area contributed by atoms with E-state index in [1.165, 1.54) is 0 Å². The van der Waals surface area contributed by atoms with Crippen molar-refractivity contribution in [1.29, 1.82) is 0 Å². The summed E-state index contributed by atoms with van der Waals surface area (Å²) in [6.45, 7) is 0. The number of hydrogen-bond donors (Lipinski definition) is 2. The Morgan fingerprint density at radius 2 is 1.89 bits per heavy atom. The van der Waals surface area contributed by atoms with Gasteiger partial charge in [0.2, 0.25) is 5.28 Å². The summed E-state index contributed by atoms with van der Waals surface area (Å²) in [5.74, 6) is 0. The molecular weight excluding hydrogens is 288 g/mol. The van der Waals surface area contributed by atoms with E-state index in [1.54, 1.807) is 12.1 Å². The first-order chi connectivity index (χ1) is 9.15. The largest absolute Gasteiger partial charge is 0.340 e. The van der Waals surface area contributed by atoms with Gasteiger partial charge in [-0.05, 0) is 35.7 Å². The number of aromatic nitrogens is 4. The summed E-state index contributed by atoms with van der Waals surface area (Å²) in [7, 11) is 0. The Morgan fingerprint density at radius 3 is 2.63 bits per heavy atom. The van der Waals surface area contributed by atoms with E-state index < -0.39 is 11.2 Å². The van der Waals surface area contributed by atoms with Crippen molar-refractivity contribution in [3.63, 3.8) is 0 Å². The van der Waals surface area contributed by atoms with Gasteiger partial charge in [0.25, 0.3) is 5.56 Å². The van der Waals surface area contributed by atoms with Crippen molar-refractivity contribution >= 4 is 34.7 Å². The molecular formula is C11H7ClN4O2S. The molecule has 0 amide bonds. The van der Waals surface area contributed by atoms with Crippen LogP contribution in [0.1, 0.15) is 0 Å². The van der Waals surface area contributed by atoms with E-state index in [9.17, 15) is 9.59 Å². The van der Waals surface area contributed by atoms with E-state index in [0.29, 0.717) is 0 Å². The Kier molecular flexibility index (Phi) is 2.92. The van der Waals surface area contributed by atoms with E-state index in [4.69, 9.17) is 11.6 Å². The van der Waals surface area contributed by atoms with Crippen molar-refractivity contribution in [3.8, 4) is 0 Å². The van der Waals surface area contributed by atoms with Gasteiger partial charge in [0.15, 0.2) is 11.2 Å². The van der Waals surface area contributed by atoms with Crippen LogP contribution in [0.25, 0.3) is 11.2 Å². The molecule has 3 rings (SSSR count). The second-order valence-electron chi connectivity index (χ2n) is 3.69. The maximum atomic E-state index is 12.2. The molecule has 2 N–H and O–H groups in total. The molecule has 0 aliphatic carbocycles. The first-order valence-corrected chi connectivity index (χ1v) is 6.44. The number of nitrogens with zero attached hydrogens (tertiary/aromatic N) is 2. The van der Waals surface area contributed by atoms with Gasteiger partial charge < -0.3 is 4.98 Å². The van der Waals surface area contributed by atoms with Gasteiger partial charge in [-0.25, -0.2) is 4.79 Å². The highest BCUT2D eigenvalue weighted by Crippen LogP contribution is 2.16. The van der Waals surface area contributed by atoms with Crippen LogP contribution in [0.5, 0.6) is 0 Å². The Bertz CT molecular complexity index is 852. The van der Waals surface area contributed by atoms with Gasteiger partial charge in [-0.2, -0.15) is 8.96 Å². The fraction of sp³-hybridized carbons (Fsp3) is 0. The first-order valence-electron chi connectivity index (χ1n) is 5.29. The zero-order chi connectivity index (χ0) is 13.4. The lowest BCUT2D eigenvalue weighted by Gasteiger charge is -2.02. The van der Waals surface area contributed by atoms with Gasteiger partial charge in [0.05, 0.1) is 0 Å². The second kappa shape index (κ2) is 4.60. The van der Waals surface area contributed by atoms with Crippen molar-refractivity contribution in [3.05, 3.63) is 56.5 Å². The number of benzene rings is 1. The van der Waals surface area contributed by atoms with Crippen molar-refractivity contribution in [2.75, 3.05) is 0 Å². The van der Waals surface area contributed by atoms with Crippen LogP contribution in [0.2, 0.25) is 5.28 Å². The van der Waals surface area contributed by atoms with Gasteiger partial charge in [-0.3, -0.25) is 9.78 Å². The summed E-state index contributed by atoms with van der Waals surface area (Å²) < 4.78 is 1.02. The molecule has 0 saturated heterocycles. The molecule has 0 bridgehead atoms. The van der Waals surface area contributed by atoms with Crippen LogP contribution in [0, 0.1) is 0 Å². The van der Waals surface area contributed by atoms with Crippen LogP contribution < -0.4 is 11.2 Å². The number of halogens is 1. The van der Waals surface area contributed by atoms with E-state index in [0.717, 1.165) is 20.8 Å². The molecule has 0 unspecified atom stereocenters. The molecule has 0 saturated carbocycles. The fourth-order valence-electron chi connectivity index (χ4n) is 1.61. The molecule has 2 aromatic heterocycles. The topological polar surface area (TPSA) is 83.5 Å². The van der Waals surface area contributed by atoms with Crippen LogP contribution in [-0.2, 0) is 0 Å². The molecule has 6 nitrogen and oxygen atoms in total. The Labute approximate surface area is 115 Å². The maximum Gasteiger partial charge on any atom is 0.340 e. The quantitative estimate of drug-likeness (QED) is 0.704. The van der Waals surface area contributed by atoms with Gasteiger partial charge >= 0.3 is 5.69 Å². The zero-order valence-electron chi connectivity index (χ0n) is 9.38. The Hall–Kier alpha value is -1.99. The molecule has 0 spiro atoms. The summed E-state index contributed by atoms with van der Waals surface area (Å²) in [6.07, 6.45) is 0. The van der Waals surface area contributed by atoms with Crippen molar-refractivity contribution in [2.24, 2.45) is 0 Å². The van der Waals surface area contributed by atoms with E-state index in [-0.39, 0.29) is 16.4 Å². The van der Waals surface area contributed by atoms with Crippen molar-refractivity contribution < 1.29 is 0 Å². The smallest absolute Gasteiger partial charge is 0.323 e. The Morgan fingerprint density at radius 1 is 1.16 bits per heavy atom. The standard InChI is InChI=1S/C11H7ClN4O2S/c12-10-13-7-8(14-10)15-11(18)16(9(7)17)19-6-4-2-1-3-5-6/h1-5H,(H,13,14)(H,15,18). The molecule has 19 heavy (non-hydrogen) atoms. The molecule has 1 aromatic carbocycles. The van der Waals surface area contributed by atoms with E-state index >= 15 is 0 Å². The summed E-state index contributed by atoms with van der Waals surface area (Å²) in [5.41, 5.74) is -0.695. The number of aromatic amines is 2. The molecule has 8 heteroatoms. The zero-order valence-corrected chi connectivity index (χ0v) is 11.0. The predicted molar refractivity (Wildman–Crippen MR) is 73.7 cm³/mol. The molecule has 0 aliphatic rings. The minimum absolute atomic E-state index is 0.0604. The summed E-state index contributed by atoms with van der Waals surface area (Å²) in [6, 6.07) is 9.12.